The number of aryl methyl sites for hydroxylation is 1. The largest absolute Gasteiger partial charge is 0.333 e. The van der Waals surface area contributed by atoms with Gasteiger partial charge in [0.1, 0.15) is 5.82 Å². The third-order valence-corrected chi connectivity index (χ3v) is 4.75. The maximum Gasteiger partial charge on any atom is 0.318 e. The molecule has 0 atom stereocenters. The minimum atomic E-state index is -0.423. The Morgan fingerprint density at radius 3 is 2.76 bits per heavy atom. The number of hydrogen-bond acceptors (Lipinski definition) is 5. The van der Waals surface area contributed by atoms with Gasteiger partial charge < -0.3 is 14.7 Å². The highest BCUT2D eigenvalue weighted by Gasteiger charge is 2.30. The highest BCUT2D eigenvalue weighted by atomic mass is 19.1. The normalized spacial score (nSPS) is 14.0. The number of nitrogens with one attached hydrogen (secondary N) is 1. The summed E-state index contributed by atoms with van der Waals surface area (Å²) >= 11 is 0. The maximum atomic E-state index is 14.0. The number of rotatable bonds is 2. The van der Waals surface area contributed by atoms with E-state index < -0.39 is 5.82 Å². The first kappa shape index (κ1) is 19.1. The maximum absolute atomic E-state index is 14.0. The van der Waals surface area contributed by atoms with Crippen molar-refractivity contribution >= 4 is 6.03 Å². The third kappa shape index (κ3) is 3.72. The van der Waals surface area contributed by atoms with Crippen molar-refractivity contribution < 1.29 is 13.7 Å². The zero-order valence-corrected chi connectivity index (χ0v) is 16.9. The zero-order chi connectivity index (χ0) is 20.8. The molecule has 0 spiro atoms. The number of hydrogen-bond donors (Lipinski definition) is 1. The minimum Gasteiger partial charge on any atom is -0.333 e. The van der Waals surface area contributed by atoms with Crippen LogP contribution in [-0.2, 0) is 20.0 Å². The Hall–Kier alpha value is -3.23. The fraction of sp³-hybridized carbons (Fsp3) is 0.400. The van der Waals surface area contributed by atoms with Crippen molar-refractivity contribution in [2.24, 2.45) is 7.05 Å². The van der Waals surface area contributed by atoms with Crippen molar-refractivity contribution in [2.75, 3.05) is 6.54 Å². The molecule has 9 heteroatoms. The van der Waals surface area contributed by atoms with Crippen molar-refractivity contribution in [3.63, 3.8) is 0 Å². The molecule has 0 saturated carbocycles. The Morgan fingerprint density at radius 2 is 2.03 bits per heavy atom. The van der Waals surface area contributed by atoms with E-state index in [-0.39, 0.29) is 28.8 Å². The van der Waals surface area contributed by atoms with Gasteiger partial charge in [0.2, 0.25) is 5.82 Å². The van der Waals surface area contributed by atoms with Gasteiger partial charge in [-0.2, -0.15) is 10.1 Å². The monoisotopic (exact) mass is 398 g/mol. The van der Waals surface area contributed by atoms with Crippen molar-refractivity contribution in [1.29, 1.82) is 0 Å². The van der Waals surface area contributed by atoms with Crippen molar-refractivity contribution in [1.82, 2.24) is 30.1 Å². The second-order valence-corrected chi connectivity index (χ2v) is 8.15. The van der Waals surface area contributed by atoms with Gasteiger partial charge in [0.25, 0.3) is 5.89 Å². The molecule has 0 bridgehead atoms. The summed E-state index contributed by atoms with van der Waals surface area (Å²) in [7, 11) is 1.85. The van der Waals surface area contributed by atoms with E-state index in [2.05, 4.69) is 20.6 Å². The number of amides is 2. The highest BCUT2D eigenvalue weighted by molar-refractivity contribution is 5.76. The van der Waals surface area contributed by atoms with Crippen LogP contribution in [0.3, 0.4) is 0 Å². The van der Waals surface area contributed by atoms with E-state index in [4.69, 9.17) is 4.52 Å². The van der Waals surface area contributed by atoms with Crippen LogP contribution < -0.4 is 5.32 Å². The van der Waals surface area contributed by atoms with E-state index in [1.165, 1.54) is 6.07 Å². The molecule has 3 aromatic rings. The summed E-state index contributed by atoms with van der Waals surface area (Å²) in [5, 5.41) is 11.4. The van der Waals surface area contributed by atoms with Crippen LogP contribution in [-0.4, -0.2) is 42.9 Å². The number of carbonyl (C=O) groups excluding carboxylic acids is 1. The first-order valence-electron chi connectivity index (χ1n) is 9.44. The van der Waals surface area contributed by atoms with Gasteiger partial charge in [-0.05, 0) is 32.9 Å². The van der Waals surface area contributed by atoms with E-state index in [9.17, 15) is 9.18 Å². The third-order valence-electron chi connectivity index (χ3n) is 4.75. The van der Waals surface area contributed by atoms with Crippen molar-refractivity contribution in [3.8, 4) is 23.0 Å². The number of benzene rings is 1. The molecular formula is C20H23FN6O2. The van der Waals surface area contributed by atoms with Crippen LogP contribution in [0.2, 0.25) is 0 Å². The first-order valence-corrected chi connectivity index (χ1v) is 9.44. The van der Waals surface area contributed by atoms with Gasteiger partial charge in [-0.3, -0.25) is 4.68 Å². The van der Waals surface area contributed by atoms with E-state index >= 15 is 0 Å². The fourth-order valence-electron chi connectivity index (χ4n) is 3.41. The van der Waals surface area contributed by atoms with Gasteiger partial charge >= 0.3 is 6.03 Å². The Labute approximate surface area is 167 Å². The SMILES string of the molecule is Cn1nc(-c2nc(-c3ccccc3F)no2)c2c1CCN(C(=O)NC(C)(C)C)C2. The van der Waals surface area contributed by atoms with Gasteiger partial charge in [0.05, 0.1) is 12.1 Å². The Balaban J connectivity index is 1.65. The van der Waals surface area contributed by atoms with Crippen LogP contribution in [0.25, 0.3) is 23.0 Å². The molecule has 0 fully saturated rings. The van der Waals surface area contributed by atoms with E-state index in [1.54, 1.807) is 27.8 Å². The number of fused-ring (bicyclic) bond motifs is 1. The molecule has 1 aromatic carbocycles. The van der Waals surface area contributed by atoms with Crippen LogP contribution in [0.4, 0.5) is 9.18 Å². The summed E-state index contributed by atoms with van der Waals surface area (Å²) in [5.74, 6) is -0.0539. The lowest BCUT2D eigenvalue weighted by atomic mass is 10.0. The van der Waals surface area contributed by atoms with Gasteiger partial charge in [-0.15, -0.1) is 0 Å². The molecule has 0 saturated heterocycles. The second-order valence-electron chi connectivity index (χ2n) is 8.15. The second kappa shape index (κ2) is 6.98. The molecule has 8 nitrogen and oxygen atoms in total. The summed E-state index contributed by atoms with van der Waals surface area (Å²) in [5.41, 5.74) is 2.34. The quantitative estimate of drug-likeness (QED) is 0.716. The Morgan fingerprint density at radius 1 is 1.28 bits per heavy atom. The molecule has 1 aliphatic heterocycles. The van der Waals surface area contributed by atoms with E-state index in [0.29, 0.717) is 25.2 Å². The number of urea groups is 1. The molecule has 0 unspecified atom stereocenters. The lowest BCUT2D eigenvalue weighted by Crippen LogP contribution is -2.49. The molecule has 1 aliphatic rings. The smallest absolute Gasteiger partial charge is 0.318 e. The fourth-order valence-corrected chi connectivity index (χ4v) is 3.41. The predicted octanol–water partition coefficient (Wildman–Crippen LogP) is 3.14. The lowest BCUT2D eigenvalue weighted by Gasteiger charge is -2.31. The van der Waals surface area contributed by atoms with Crippen LogP contribution in [0.1, 0.15) is 32.0 Å². The molecular weight excluding hydrogens is 375 g/mol. The van der Waals surface area contributed by atoms with E-state index in [0.717, 1.165) is 11.3 Å². The van der Waals surface area contributed by atoms with Crippen molar-refractivity contribution in [2.45, 2.75) is 39.3 Å². The molecule has 3 heterocycles. The average Bonchev–Trinajstić information content (AvgIpc) is 3.25. The van der Waals surface area contributed by atoms with Crippen molar-refractivity contribution in [3.05, 3.63) is 41.3 Å². The lowest BCUT2D eigenvalue weighted by molar-refractivity contribution is 0.183. The number of nitrogens with zero attached hydrogens (tertiary/aromatic N) is 5. The standard InChI is InChI=1S/C20H23FN6O2/c1-20(2,3)23-19(28)27-10-9-15-13(11-27)16(24-26(15)4)18-22-17(25-29-18)12-7-5-6-8-14(12)21/h5-8H,9-11H2,1-4H3,(H,23,28). The van der Waals surface area contributed by atoms with E-state index in [1.807, 2.05) is 27.8 Å². The van der Waals surface area contributed by atoms with Gasteiger partial charge in [-0.1, -0.05) is 17.3 Å². The van der Waals surface area contributed by atoms with Crippen LogP contribution in [0.15, 0.2) is 28.8 Å². The Bertz CT molecular complexity index is 1070. The molecule has 1 N–H and O–H groups in total. The molecule has 4 rings (SSSR count). The predicted molar refractivity (Wildman–Crippen MR) is 104 cm³/mol. The van der Waals surface area contributed by atoms with Crippen LogP contribution in [0.5, 0.6) is 0 Å². The zero-order valence-electron chi connectivity index (χ0n) is 16.9. The molecule has 29 heavy (non-hydrogen) atoms. The Kier molecular flexibility index (Phi) is 4.60. The summed E-state index contributed by atoms with van der Waals surface area (Å²) in [6, 6.07) is 6.13. The summed E-state index contributed by atoms with van der Waals surface area (Å²) in [6.45, 7) is 6.81. The van der Waals surface area contributed by atoms with Gasteiger partial charge in [0.15, 0.2) is 5.69 Å². The average molecular weight is 398 g/mol. The summed E-state index contributed by atoms with van der Waals surface area (Å²) in [4.78, 5) is 18.7. The number of halogens is 1. The first-order chi connectivity index (χ1) is 13.7. The molecule has 2 aromatic heterocycles. The molecule has 2 amide bonds. The highest BCUT2D eigenvalue weighted by Crippen LogP contribution is 2.30. The molecule has 152 valence electrons. The molecule has 0 radical (unpaired) electrons. The van der Waals surface area contributed by atoms with Gasteiger partial charge in [-0.25, -0.2) is 9.18 Å². The minimum absolute atomic E-state index is 0.129. The number of carbonyl (C=O) groups is 1. The summed E-state index contributed by atoms with van der Waals surface area (Å²) in [6.07, 6.45) is 0.671. The molecule has 0 aliphatic carbocycles. The van der Waals surface area contributed by atoms with Crippen LogP contribution >= 0.6 is 0 Å². The topological polar surface area (TPSA) is 89.1 Å². The number of aromatic nitrogens is 4. The van der Waals surface area contributed by atoms with Gasteiger partial charge in [0, 0.05) is 36.8 Å². The summed E-state index contributed by atoms with van der Waals surface area (Å²) < 4.78 is 21.2. The van der Waals surface area contributed by atoms with Crippen LogP contribution in [0, 0.1) is 5.82 Å².